The van der Waals surface area contributed by atoms with Gasteiger partial charge in [0.2, 0.25) is 0 Å². The molecule has 0 bridgehead atoms. The standard InChI is InChI=1S/C12H19N3O4/c1-2-13(6-8-16)14(7-9-17)11-4-3-5-12(10-11)15(18)19/h3-5,10,16-17H,2,6-9H2,1H3. The fourth-order valence-corrected chi connectivity index (χ4v) is 1.86. The highest BCUT2D eigenvalue weighted by atomic mass is 16.6. The number of hydrogen-bond acceptors (Lipinski definition) is 6. The maximum Gasteiger partial charge on any atom is 0.271 e. The number of hydrogen-bond donors (Lipinski definition) is 2. The van der Waals surface area contributed by atoms with Gasteiger partial charge < -0.3 is 15.2 Å². The lowest BCUT2D eigenvalue weighted by atomic mass is 10.2. The van der Waals surface area contributed by atoms with Crippen molar-refractivity contribution < 1.29 is 15.1 Å². The normalized spacial score (nSPS) is 10.7. The van der Waals surface area contributed by atoms with Gasteiger partial charge in [-0.2, -0.15) is 0 Å². The summed E-state index contributed by atoms with van der Waals surface area (Å²) in [6, 6.07) is 6.21. The third-order valence-corrected chi connectivity index (χ3v) is 2.71. The van der Waals surface area contributed by atoms with Crippen molar-refractivity contribution in [3.05, 3.63) is 34.4 Å². The van der Waals surface area contributed by atoms with Crippen molar-refractivity contribution in [2.45, 2.75) is 6.92 Å². The number of nitro groups is 1. The van der Waals surface area contributed by atoms with Crippen LogP contribution in [0, 0.1) is 10.1 Å². The first-order valence-corrected chi connectivity index (χ1v) is 6.12. The molecule has 0 atom stereocenters. The van der Waals surface area contributed by atoms with E-state index in [4.69, 9.17) is 10.2 Å². The Labute approximate surface area is 111 Å². The summed E-state index contributed by atoms with van der Waals surface area (Å²) in [5.41, 5.74) is 0.624. The van der Waals surface area contributed by atoms with Crippen LogP contribution in [0.2, 0.25) is 0 Å². The zero-order valence-electron chi connectivity index (χ0n) is 10.9. The van der Waals surface area contributed by atoms with Crippen LogP contribution in [-0.2, 0) is 0 Å². The molecule has 0 unspecified atom stereocenters. The zero-order chi connectivity index (χ0) is 14.3. The molecule has 7 heteroatoms. The number of nitro benzene ring substituents is 1. The van der Waals surface area contributed by atoms with Gasteiger partial charge >= 0.3 is 0 Å². The molecule has 0 heterocycles. The van der Waals surface area contributed by atoms with Crippen LogP contribution in [0.4, 0.5) is 11.4 Å². The van der Waals surface area contributed by atoms with E-state index in [2.05, 4.69) is 0 Å². The van der Waals surface area contributed by atoms with Crippen molar-refractivity contribution in [1.82, 2.24) is 5.01 Å². The molecule has 0 aromatic heterocycles. The van der Waals surface area contributed by atoms with E-state index in [9.17, 15) is 10.1 Å². The van der Waals surface area contributed by atoms with Crippen LogP contribution in [0.25, 0.3) is 0 Å². The van der Waals surface area contributed by atoms with Crippen molar-refractivity contribution >= 4 is 11.4 Å². The molecule has 0 saturated heterocycles. The molecule has 7 nitrogen and oxygen atoms in total. The van der Waals surface area contributed by atoms with E-state index in [0.717, 1.165) is 0 Å². The lowest BCUT2D eigenvalue weighted by Crippen LogP contribution is -2.45. The van der Waals surface area contributed by atoms with Crippen LogP contribution in [-0.4, -0.2) is 53.0 Å². The first kappa shape index (κ1) is 15.4. The summed E-state index contributed by atoms with van der Waals surface area (Å²) in [5.74, 6) is 0. The summed E-state index contributed by atoms with van der Waals surface area (Å²) in [4.78, 5) is 10.3. The highest BCUT2D eigenvalue weighted by Gasteiger charge is 2.16. The van der Waals surface area contributed by atoms with Crippen molar-refractivity contribution in [1.29, 1.82) is 0 Å². The third kappa shape index (κ3) is 4.16. The van der Waals surface area contributed by atoms with E-state index < -0.39 is 4.92 Å². The van der Waals surface area contributed by atoms with E-state index in [1.54, 1.807) is 17.1 Å². The fourth-order valence-electron chi connectivity index (χ4n) is 1.86. The van der Waals surface area contributed by atoms with E-state index in [1.165, 1.54) is 12.1 Å². The molecule has 1 aromatic carbocycles. The van der Waals surface area contributed by atoms with Crippen molar-refractivity contribution in [3.8, 4) is 0 Å². The largest absolute Gasteiger partial charge is 0.395 e. The predicted octanol–water partition coefficient (Wildman–Crippen LogP) is 0.623. The molecule has 106 valence electrons. The lowest BCUT2D eigenvalue weighted by Gasteiger charge is -2.35. The molecule has 19 heavy (non-hydrogen) atoms. The second kappa shape index (κ2) is 7.67. The molecular weight excluding hydrogens is 250 g/mol. The highest BCUT2D eigenvalue weighted by Crippen LogP contribution is 2.22. The minimum absolute atomic E-state index is 0.000455. The van der Waals surface area contributed by atoms with Crippen LogP contribution in [0.1, 0.15) is 6.92 Å². The molecule has 0 amide bonds. The van der Waals surface area contributed by atoms with E-state index in [1.807, 2.05) is 11.9 Å². The summed E-state index contributed by atoms with van der Waals surface area (Å²) in [7, 11) is 0. The first-order chi connectivity index (χ1) is 9.13. The average Bonchev–Trinajstić information content (AvgIpc) is 2.42. The maximum atomic E-state index is 10.8. The lowest BCUT2D eigenvalue weighted by molar-refractivity contribution is -0.384. The second-order valence-electron chi connectivity index (χ2n) is 3.89. The average molecular weight is 269 g/mol. The molecule has 1 rings (SSSR count). The molecule has 1 aromatic rings. The molecule has 0 aliphatic carbocycles. The minimum Gasteiger partial charge on any atom is -0.395 e. The molecule has 0 aliphatic rings. The monoisotopic (exact) mass is 269 g/mol. The summed E-state index contributed by atoms with van der Waals surface area (Å²) < 4.78 is 0. The Bertz CT molecular complexity index is 414. The van der Waals surface area contributed by atoms with Crippen LogP contribution < -0.4 is 5.01 Å². The van der Waals surface area contributed by atoms with Gasteiger partial charge in [0.1, 0.15) is 0 Å². The number of nitrogens with zero attached hydrogens (tertiary/aromatic N) is 3. The number of hydrazine groups is 1. The van der Waals surface area contributed by atoms with Gasteiger partial charge in [0.15, 0.2) is 0 Å². The Kier molecular flexibility index (Phi) is 6.20. The number of benzene rings is 1. The SMILES string of the molecule is CCN(CCO)N(CCO)c1cccc([N+](=O)[O-])c1. The summed E-state index contributed by atoms with van der Waals surface area (Å²) in [6.45, 7) is 3.16. The number of non-ortho nitro benzene ring substituents is 1. The Hall–Kier alpha value is -1.70. The Morgan fingerprint density at radius 2 is 1.95 bits per heavy atom. The van der Waals surface area contributed by atoms with Gasteiger partial charge in [-0.05, 0) is 6.07 Å². The van der Waals surface area contributed by atoms with Gasteiger partial charge in [0.25, 0.3) is 5.69 Å². The van der Waals surface area contributed by atoms with E-state index in [-0.39, 0.29) is 18.9 Å². The molecule has 0 spiro atoms. The number of aliphatic hydroxyl groups excluding tert-OH is 2. The second-order valence-corrected chi connectivity index (χ2v) is 3.89. The molecule has 0 aliphatic heterocycles. The topological polar surface area (TPSA) is 90.1 Å². The van der Waals surface area contributed by atoms with Gasteiger partial charge in [-0.15, -0.1) is 0 Å². The van der Waals surface area contributed by atoms with Crippen LogP contribution in [0.15, 0.2) is 24.3 Å². The zero-order valence-corrected chi connectivity index (χ0v) is 10.9. The summed E-state index contributed by atoms with van der Waals surface area (Å²) in [6.07, 6.45) is 0. The molecule has 2 N–H and O–H groups in total. The number of anilines is 1. The van der Waals surface area contributed by atoms with E-state index in [0.29, 0.717) is 25.3 Å². The number of aliphatic hydroxyl groups is 2. The Balaban J connectivity index is 3.03. The number of likely N-dealkylation sites (N-methyl/N-ethyl adjacent to an activating group) is 1. The first-order valence-electron chi connectivity index (χ1n) is 6.12. The molecule has 0 radical (unpaired) electrons. The van der Waals surface area contributed by atoms with Crippen LogP contribution in [0.5, 0.6) is 0 Å². The molecular formula is C12H19N3O4. The van der Waals surface area contributed by atoms with Gasteiger partial charge in [-0.3, -0.25) is 10.1 Å². The van der Waals surface area contributed by atoms with E-state index >= 15 is 0 Å². The smallest absolute Gasteiger partial charge is 0.271 e. The molecule has 0 fully saturated rings. The van der Waals surface area contributed by atoms with Crippen molar-refractivity contribution in [2.24, 2.45) is 0 Å². The number of rotatable bonds is 8. The van der Waals surface area contributed by atoms with Crippen LogP contribution in [0.3, 0.4) is 0 Å². The van der Waals surface area contributed by atoms with Gasteiger partial charge in [0.05, 0.1) is 30.4 Å². The summed E-state index contributed by atoms with van der Waals surface area (Å²) >= 11 is 0. The Morgan fingerprint density at radius 3 is 2.47 bits per heavy atom. The van der Waals surface area contributed by atoms with Gasteiger partial charge in [0, 0.05) is 25.2 Å². The minimum atomic E-state index is -0.455. The van der Waals surface area contributed by atoms with Crippen molar-refractivity contribution in [3.63, 3.8) is 0 Å². The Morgan fingerprint density at radius 1 is 1.26 bits per heavy atom. The quantitative estimate of drug-likeness (QED) is 0.531. The maximum absolute atomic E-state index is 10.8. The van der Waals surface area contributed by atoms with Gasteiger partial charge in [-0.25, -0.2) is 5.01 Å². The predicted molar refractivity (Wildman–Crippen MR) is 71.9 cm³/mol. The highest BCUT2D eigenvalue weighted by molar-refractivity contribution is 5.52. The third-order valence-electron chi connectivity index (χ3n) is 2.71. The summed E-state index contributed by atoms with van der Waals surface area (Å²) in [5, 5.41) is 32.5. The molecule has 0 saturated carbocycles. The van der Waals surface area contributed by atoms with Crippen LogP contribution >= 0.6 is 0 Å². The fraction of sp³-hybridized carbons (Fsp3) is 0.500. The van der Waals surface area contributed by atoms with Crippen molar-refractivity contribution in [2.75, 3.05) is 37.9 Å². The van der Waals surface area contributed by atoms with Gasteiger partial charge in [-0.1, -0.05) is 13.0 Å².